The fourth-order valence-corrected chi connectivity index (χ4v) is 2.31. The van der Waals surface area contributed by atoms with E-state index < -0.39 is 0 Å². The lowest BCUT2D eigenvalue weighted by Crippen LogP contribution is -2.42. The van der Waals surface area contributed by atoms with Crippen molar-refractivity contribution in [3.63, 3.8) is 0 Å². The molecular formula is C18H26N4O. The molecule has 5 heteroatoms. The van der Waals surface area contributed by atoms with Gasteiger partial charge in [0, 0.05) is 5.56 Å². The number of carbonyl (C=O) groups excluding carboxylic acids is 1. The van der Waals surface area contributed by atoms with Gasteiger partial charge in [0.25, 0.3) is 5.91 Å². The Bertz CT molecular complexity index is 624. The van der Waals surface area contributed by atoms with Gasteiger partial charge in [-0.2, -0.15) is 15.0 Å². The number of amides is 1. The normalized spacial score (nSPS) is 13.1. The zero-order valence-corrected chi connectivity index (χ0v) is 14.6. The van der Waals surface area contributed by atoms with Crippen molar-refractivity contribution in [3.8, 4) is 0 Å². The minimum absolute atomic E-state index is 0.0165. The highest BCUT2D eigenvalue weighted by Crippen LogP contribution is 2.22. The summed E-state index contributed by atoms with van der Waals surface area (Å²) < 4.78 is 0. The molecule has 0 aliphatic carbocycles. The highest BCUT2D eigenvalue weighted by atomic mass is 16.1. The van der Waals surface area contributed by atoms with E-state index in [9.17, 15) is 4.79 Å². The first-order valence-electron chi connectivity index (χ1n) is 8.03. The molecule has 0 spiro atoms. The Balaban J connectivity index is 2.06. The molecule has 2 aromatic rings. The van der Waals surface area contributed by atoms with Gasteiger partial charge in [0.15, 0.2) is 0 Å². The van der Waals surface area contributed by atoms with Crippen LogP contribution in [0.4, 0.5) is 0 Å². The third-order valence-electron chi connectivity index (χ3n) is 3.96. The molecule has 0 saturated carbocycles. The van der Waals surface area contributed by atoms with Crippen molar-refractivity contribution < 1.29 is 4.79 Å². The van der Waals surface area contributed by atoms with Crippen molar-refractivity contribution in [3.05, 3.63) is 47.8 Å². The number of rotatable bonds is 5. The van der Waals surface area contributed by atoms with Crippen molar-refractivity contribution in [2.75, 3.05) is 0 Å². The molecule has 1 aromatic heterocycles. The lowest BCUT2D eigenvalue weighted by Gasteiger charge is -2.22. The largest absolute Gasteiger partial charge is 0.347 e. The molecule has 0 fully saturated rings. The second kappa shape index (κ2) is 6.94. The third kappa shape index (κ3) is 4.65. The number of hydrogen-bond acceptors (Lipinski definition) is 3. The molecule has 1 heterocycles. The van der Waals surface area contributed by atoms with Crippen LogP contribution in [-0.2, 0) is 12.0 Å². The Kier molecular flexibility index (Phi) is 5.19. The van der Waals surface area contributed by atoms with E-state index in [1.54, 1.807) is 17.2 Å². The van der Waals surface area contributed by atoms with E-state index in [4.69, 9.17) is 0 Å². The van der Waals surface area contributed by atoms with E-state index in [0.29, 0.717) is 18.0 Å². The monoisotopic (exact) mass is 314 g/mol. The van der Waals surface area contributed by atoms with E-state index in [1.807, 2.05) is 24.3 Å². The first kappa shape index (κ1) is 17.2. The number of benzene rings is 1. The zero-order valence-electron chi connectivity index (χ0n) is 14.6. The Morgan fingerprint density at radius 2 is 1.70 bits per heavy atom. The molecule has 124 valence electrons. The molecule has 1 unspecified atom stereocenters. The van der Waals surface area contributed by atoms with Crippen molar-refractivity contribution in [1.29, 1.82) is 0 Å². The fourth-order valence-electron chi connectivity index (χ4n) is 2.31. The topological polar surface area (TPSA) is 59.8 Å². The van der Waals surface area contributed by atoms with Crippen molar-refractivity contribution in [1.82, 2.24) is 20.3 Å². The second-order valence-corrected chi connectivity index (χ2v) is 7.24. The van der Waals surface area contributed by atoms with E-state index in [2.05, 4.69) is 50.1 Å². The van der Waals surface area contributed by atoms with Gasteiger partial charge < -0.3 is 5.32 Å². The highest BCUT2D eigenvalue weighted by Gasteiger charge is 2.19. The van der Waals surface area contributed by atoms with Crippen LogP contribution in [0, 0.1) is 5.92 Å². The van der Waals surface area contributed by atoms with Crippen LogP contribution in [-0.4, -0.2) is 26.9 Å². The summed E-state index contributed by atoms with van der Waals surface area (Å²) in [6, 6.07) is 7.80. The van der Waals surface area contributed by atoms with Gasteiger partial charge in [-0.3, -0.25) is 4.79 Å². The van der Waals surface area contributed by atoms with Gasteiger partial charge in [0.05, 0.1) is 25.0 Å². The van der Waals surface area contributed by atoms with Gasteiger partial charge in [0.1, 0.15) is 0 Å². The third-order valence-corrected chi connectivity index (χ3v) is 3.96. The van der Waals surface area contributed by atoms with Gasteiger partial charge in [-0.15, -0.1) is 0 Å². The van der Waals surface area contributed by atoms with Crippen LogP contribution in [0.1, 0.15) is 50.5 Å². The molecule has 23 heavy (non-hydrogen) atoms. The minimum atomic E-state index is -0.0590. The summed E-state index contributed by atoms with van der Waals surface area (Å²) in [4.78, 5) is 14.1. The van der Waals surface area contributed by atoms with Crippen LogP contribution >= 0.6 is 0 Å². The van der Waals surface area contributed by atoms with Crippen LogP contribution in [0.5, 0.6) is 0 Å². The van der Waals surface area contributed by atoms with Crippen molar-refractivity contribution >= 4 is 5.91 Å². The standard InChI is InChI=1S/C18H26N4O/c1-13(2)16(12-22-19-10-11-20-22)21-17(23)14-6-8-15(9-7-14)18(3,4)5/h6-11,13,16H,12H2,1-5H3,(H,21,23). The van der Waals surface area contributed by atoms with Gasteiger partial charge >= 0.3 is 0 Å². The summed E-state index contributed by atoms with van der Waals surface area (Å²) in [6.45, 7) is 11.2. The highest BCUT2D eigenvalue weighted by molar-refractivity contribution is 5.94. The number of carbonyl (C=O) groups is 1. The predicted octanol–water partition coefficient (Wildman–Crippen LogP) is 3.03. The lowest BCUT2D eigenvalue weighted by molar-refractivity contribution is 0.0918. The maximum atomic E-state index is 12.5. The van der Waals surface area contributed by atoms with Crippen molar-refractivity contribution in [2.45, 2.75) is 52.6 Å². The molecule has 0 saturated heterocycles. The predicted molar refractivity (Wildman–Crippen MR) is 91.3 cm³/mol. The van der Waals surface area contributed by atoms with E-state index in [-0.39, 0.29) is 17.4 Å². The van der Waals surface area contributed by atoms with E-state index in [1.165, 1.54) is 5.56 Å². The number of hydrogen-bond donors (Lipinski definition) is 1. The summed E-state index contributed by atoms with van der Waals surface area (Å²) in [5.41, 5.74) is 1.98. The van der Waals surface area contributed by atoms with Gasteiger partial charge in [0.2, 0.25) is 0 Å². The van der Waals surface area contributed by atoms with Crippen molar-refractivity contribution in [2.24, 2.45) is 5.92 Å². The molecule has 1 aromatic carbocycles. The molecule has 0 aliphatic heterocycles. The number of aromatic nitrogens is 3. The fraction of sp³-hybridized carbons (Fsp3) is 0.500. The summed E-state index contributed by atoms with van der Waals surface area (Å²) >= 11 is 0. The van der Waals surface area contributed by atoms with Crippen LogP contribution < -0.4 is 5.32 Å². The Labute approximate surface area is 138 Å². The first-order chi connectivity index (χ1) is 10.8. The van der Waals surface area contributed by atoms with Crippen LogP contribution in [0.25, 0.3) is 0 Å². The number of nitrogens with one attached hydrogen (secondary N) is 1. The molecule has 2 rings (SSSR count). The second-order valence-electron chi connectivity index (χ2n) is 7.24. The average molecular weight is 314 g/mol. The Morgan fingerprint density at radius 3 is 2.17 bits per heavy atom. The number of nitrogens with zero attached hydrogens (tertiary/aromatic N) is 3. The maximum Gasteiger partial charge on any atom is 0.251 e. The van der Waals surface area contributed by atoms with Gasteiger partial charge in [-0.1, -0.05) is 46.8 Å². The maximum absolute atomic E-state index is 12.5. The van der Waals surface area contributed by atoms with E-state index >= 15 is 0 Å². The smallest absolute Gasteiger partial charge is 0.251 e. The molecular weight excluding hydrogens is 288 g/mol. The van der Waals surface area contributed by atoms with Gasteiger partial charge in [-0.05, 0) is 29.0 Å². The summed E-state index contributed by atoms with van der Waals surface area (Å²) in [5.74, 6) is 0.232. The molecule has 1 amide bonds. The first-order valence-corrected chi connectivity index (χ1v) is 8.03. The SMILES string of the molecule is CC(C)C(Cn1nccn1)NC(=O)c1ccc(C(C)(C)C)cc1. The van der Waals surface area contributed by atoms with Crippen LogP contribution in [0.15, 0.2) is 36.7 Å². The molecule has 0 aliphatic rings. The zero-order chi connectivity index (χ0) is 17.0. The summed E-state index contributed by atoms with van der Waals surface area (Å²) in [5, 5.41) is 11.3. The van der Waals surface area contributed by atoms with Gasteiger partial charge in [-0.25, -0.2) is 0 Å². The quantitative estimate of drug-likeness (QED) is 0.923. The lowest BCUT2D eigenvalue weighted by atomic mass is 9.86. The summed E-state index contributed by atoms with van der Waals surface area (Å²) in [7, 11) is 0. The summed E-state index contributed by atoms with van der Waals surface area (Å²) in [6.07, 6.45) is 3.29. The minimum Gasteiger partial charge on any atom is -0.347 e. The Morgan fingerprint density at radius 1 is 1.13 bits per heavy atom. The van der Waals surface area contributed by atoms with Crippen LogP contribution in [0.3, 0.4) is 0 Å². The molecule has 1 N–H and O–H groups in total. The molecule has 1 atom stereocenters. The Hall–Kier alpha value is -2.17. The van der Waals surface area contributed by atoms with Crippen LogP contribution in [0.2, 0.25) is 0 Å². The average Bonchev–Trinajstić information content (AvgIpc) is 2.98. The van der Waals surface area contributed by atoms with E-state index in [0.717, 1.165) is 0 Å². The molecule has 0 radical (unpaired) electrons. The molecule has 0 bridgehead atoms. The molecule has 5 nitrogen and oxygen atoms in total.